The Labute approximate surface area is 162 Å². The van der Waals surface area contributed by atoms with E-state index in [9.17, 15) is 9.59 Å². The molecule has 1 amide bonds. The van der Waals surface area contributed by atoms with Crippen LogP contribution in [0.4, 0.5) is 0 Å². The Kier molecular flexibility index (Phi) is 4.97. The molecule has 0 bridgehead atoms. The first-order valence-electron chi connectivity index (χ1n) is 9.10. The number of aromatic amines is 1. The second kappa shape index (κ2) is 7.88. The van der Waals surface area contributed by atoms with Gasteiger partial charge in [0.15, 0.2) is 5.78 Å². The zero-order chi connectivity index (χ0) is 19.3. The smallest absolute Gasteiger partial charge is 0.251 e. The molecule has 138 valence electrons. The number of carbonyl (C=O) groups excluding carboxylic acids is 2. The van der Waals surface area contributed by atoms with Crippen LogP contribution in [-0.2, 0) is 6.42 Å². The van der Waals surface area contributed by atoms with Gasteiger partial charge in [0.2, 0.25) is 0 Å². The molecule has 4 rings (SSSR count). The first-order valence-corrected chi connectivity index (χ1v) is 9.10. The zero-order valence-corrected chi connectivity index (χ0v) is 15.2. The molecule has 0 atom stereocenters. The summed E-state index contributed by atoms with van der Waals surface area (Å²) in [4.78, 5) is 32.2. The Morgan fingerprint density at radius 3 is 2.46 bits per heavy atom. The van der Waals surface area contributed by atoms with Crippen molar-refractivity contribution in [3.05, 3.63) is 102 Å². The highest BCUT2D eigenvalue weighted by Crippen LogP contribution is 2.29. The van der Waals surface area contributed by atoms with Crippen LogP contribution >= 0.6 is 0 Å². The van der Waals surface area contributed by atoms with Gasteiger partial charge in [-0.2, -0.15) is 0 Å². The number of H-pyrrole nitrogens is 1. The number of nitrogens with one attached hydrogen (secondary N) is 2. The molecule has 5 heteroatoms. The molecule has 2 aliphatic rings. The van der Waals surface area contributed by atoms with Crippen LogP contribution in [0.2, 0.25) is 0 Å². The van der Waals surface area contributed by atoms with Gasteiger partial charge in [0.05, 0.1) is 6.33 Å². The Morgan fingerprint density at radius 1 is 0.893 bits per heavy atom. The number of carbonyl (C=O) groups is 2. The standard InChI is InChI=1S/C23H19N3O2/c27-22(17-4-2-1-3-5-17)21-11-8-16-6-7-18(9-10-20(16)21)23(28)25-13-12-19-14-24-15-26-19/h1-11,14-15H,12-13H2,(H,24,26)(H,25,28). The second-order valence-corrected chi connectivity index (χ2v) is 6.52. The zero-order valence-electron chi connectivity index (χ0n) is 15.2. The van der Waals surface area contributed by atoms with E-state index in [-0.39, 0.29) is 11.7 Å². The van der Waals surface area contributed by atoms with Crippen LogP contribution in [0.15, 0.2) is 79.3 Å². The summed E-state index contributed by atoms with van der Waals surface area (Å²) in [6.07, 6.45) is 4.05. The third-order valence-corrected chi connectivity index (χ3v) is 4.68. The van der Waals surface area contributed by atoms with Gasteiger partial charge in [-0.3, -0.25) is 9.59 Å². The molecule has 0 unspecified atom stereocenters. The summed E-state index contributed by atoms with van der Waals surface area (Å²) in [6.45, 7) is 0.517. The van der Waals surface area contributed by atoms with Crippen LogP contribution in [0, 0.1) is 0 Å². The number of rotatable bonds is 6. The van der Waals surface area contributed by atoms with E-state index in [1.165, 1.54) is 0 Å². The van der Waals surface area contributed by atoms with E-state index in [4.69, 9.17) is 0 Å². The normalized spacial score (nSPS) is 10.7. The van der Waals surface area contributed by atoms with E-state index in [0.29, 0.717) is 29.7 Å². The van der Waals surface area contributed by atoms with Gasteiger partial charge in [-0.25, -0.2) is 4.98 Å². The topological polar surface area (TPSA) is 74.8 Å². The van der Waals surface area contributed by atoms with Gasteiger partial charge in [0, 0.05) is 41.5 Å². The van der Waals surface area contributed by atoms with Crippen molar-refractivity contribution in [2.45, 2.75) is 6.42 Å². The molecule has 0 aliphatic heterocycles. The number of hydrogen-bond donors (Lipinski definition) is 2. The Bertz CT molecular complexity index is 1070. The molecule has 5 nitrogen and oxygen atoms in total. The average Bonchev–Trinajstić information content (AvgIpc) is 3.33. The number of hydrogen-bond acceptors (Lipinski definition) is 3. The molecule has 0 saturated carbocycles. The van der Waals surface area contributed by atoms with Gasteiger partial charge < -0.3 is 10.3 Å². The van der Waals surface area contributed by atoms with Crippen molar-refractivity contribution in [3.63, 3.8) is 0 Å². The fraction of sp³-hybridized carbons (Fsp3) is 0.0870. The SMILES string of the molecule is O=C(NCCc1cnc[nH]1)c1ccc2ccc(C(=O)c3ccccc3)c-2cc1. The fourth-order valence-corrected chi connectivity index (χ4v) is 3.18. The highest BCUT2D eigenvalue weighted by molar-refractivity contribution is 6.13. The Morgan fingerprint density at radius 2 is 1.68 bits per heavy atom. The molecule has 2 aliphatic carbocycles. The summed E-state index contributed by atoms with van der Waals surface area (Å²) in [5.74, 6) is -0.166. The molecule has 1 heterocycles. The molecule has 28 heavy (non-hydrogen) atoms. The van der Waals surface area contributed by atoms with E-state index in [1.54, 1.807) is 24.7 Å². The van der Waals surface area contributed by atoms with Gasteiger partial charge in [0.25, 0.3) is 5.91 Å². The number of imidazole rings is 1. The summed E-state index contributed by atoms with van der Waals surface area (Å²) in [6, 6.07) is 20.2. The van der Waals surface area contributed by atoms with E-state index in [2.05, 4.69) is 15.3 Å². The lowest BCUT2D eigenvalue weighted by molar-refractivity contribution is 0.0953. The van der Waals surface area contributed by atoms with E-state index in [1.807, 2.05) is 54.6 Å². The Balaban J connectivity index is 1.52. The molecular weight excluding hydrogens is 350 g/mol. The molecule has 1 aromatic heterocycles. The van der Waals surface area contributed by atoms with Crippen LogP contribution in [0.25, 0.3) is 11.1 Å². The lowest BCUT2D eigenvalue weighted by Gasteiger charge is -2.02. The minimum absolute atomic E-state index is 0.0210. The van der Waals surface area contributed by atoms with Crippen molar-refractivity contribution in [1.29, 1.82) is 0 Å². The van der Waals surface area contributed by atoms with Crippen molar-refractivity contribution < 1.29 is 9.59 Å². The quantitative estimate of drug-likeness (QED) is 0.509. The summed E-state index contributed by atoms with van der Waals surface area (Å²) in [5.41, 5.74) is 4.59. The average molecular weight is 369 g/mol. The van der Waals surface area contributed by atoms with Gasteiger partial charge in [-0.05, 0) is 29.3 Å². The maximum atomic E-state index is 12.8. The Hall–Kier alpha value is -3.73. The van der Waals surface area contributed by atoms with Crippen LogP contribution in [-0.4, -0.2) is 28.2 Å². The second-order valence-electron chi connectivity index (χ2n) is 6.52. The van der Waals surface area contributed by atoms with E-state index >= 15 is 0 Å². The van der Waals surface area contributed by atoms with Crippen LogP contribution in [0.3, 0.4) is 0 Å². The third-order valence-electron chi connectivity index (χ3n) is 4.68. The maximum Gasteiger partial charge on any atom is 0.251 e. The number of amides is 1. The largest absolute Gasteiger partial charge is 0.352 e. The summed E-state index contributed by atoms with van der Waals surface area (Å²) in [7, 11) is 0. The van der Waals surface area contributed by atoms with Gasteiger partial charge in [0.1, 0.15) is 0 Å². The van der Waals surface area contributed by atoms with Crippen molar-refractivity contribution in [1.82, 2.24) is 15.3 Å². The molecule has 0 fully saturated rings. The molecule has 1 aromatic carbocycles. The van der Waals surface area contributed by atoms with Crippen molar-refractivity contribution in [2.24, 2.45) is 0 Å². The van der Waals surface area contributed by atoms with Gasteiger partial charge in [-0.1, -0.05) is 48.5 Å². The van der Waals surface area contributed by atoms with Crippen LogP contribution < -0.4 is 5.32 Å². The van der Waals surface area contributed by atoms with Crippen LogP contribution in [0.1, 0.15) is 32.0 Å². The first-order chi connectivity index (χ1) is 13.7. The van der Waals surface area contributed by atoms with Gasteiger partial charge >= 0.3 is 0 Å². The number of benzene rings is 1. The molecule has 0 radical (unpaired) electrons. The lowest BCUT2D eigenvalue weighted by Crippen LogP contribution is -2.25. The maximum absolute atomic E-state index is 12.8. The first kappa shape index (κ1) is 17.7. The lowest BCUT2D eigenvalue weighted by atomic mass is 10.0. The molecule has 2 aromatic rings. The van der Waals surface area contributed by atoms with E-state index in [0.717, 1.165) is 16.8 Å². The predicted octanol–water partition coefficient (Wildman–Crippen LogP) is 3.72. The number of fused-ring (bicyclic) bond motifs is 1. The highest BCUT2D eigenvalue weighted by atomic mass is 16.1. The van der Waals surface area contributed by atoms with Crippen LogP contribution in [0.5, 0.6) is 0 Å². The van der Waals surface area contributed by atoms with Crippen molar-refractivity contribution >= 4 is 11.7 Å². The number of aromatic nitrogens is 2. The number of nitrogens with zero attached hydrogens (tertiary/aromatic N) is 1. The summed E-state index contributed by atoms with van der Waals surface area (Å²) >= 11 is 0. The predicted molar refractivity (Wildman–Crippen MR) is 108 cm³/mol. The number of ketones is 1. The summed E-state index contributed by atoms with van der Waals surface area (Å²) in [5, 5.41) is 2.91. The van der Waals surface area contributed by atoms with E-state index < -0.39 is 0 Å². The van der Waals surface area contributed by atoms with Crippen molar-refractivity contribution in [3.8, 4) is 11.1 Å². The molecule has 0 spiro atoms. The third kappa shape index (κ3) is 3.69. The van der Waals surface area contributed by atoms with Gasteiger partial charge in [-0.15, -0.1) is 0 Å². The molecular formula is C23H19N3O2. The molecule has 0 saturated heterocycles. The highest BCUT2D eigenvalue weighted by Gasteiger charge is 2.17. The minimum Gasteiger partial charge on any atom is -0.352 e. The minimum atomic E-state index is -0.145. The van der Waals surface area contributed by atoms with Crippen molar-refractivity contribution in [2.75, 3.05) is 6.54 Å². The molecule has 2 N–H and O–H groups in total. The monoisotopic (exact) mass is 369 g/mol. The fourth-order valence-electron chi connectivity index (χ4n) is 3.18. The summed E-state index contributed by atoms with van der Waals surface area (Å²) < 4.78 is 0.